The van der Waals surface area contributed by atoms with Crippen LogP contribution >= 0.6 is 17.0 Å². The Morgan fingerprint density at radius 2 is 1.00 bits per heavy atom. The molecule has 4 rings (SSSR count). The van der Waals surface area contributed by atoms with Crippen LogP contribution in [0.5, 0.6) is 0 Å². The number of allylic oxidation sites excluding steroid dienone is 8. The van der Waals surface area contributed by atoms with Crippen LogP contribution in [0.25, 0.3) is 0 Å². The Morgan fingerprint density at radius 3 is 1.39 bits per heavy atom. The molecule has 2 saturated carbocycles. The van der Waals surface area contributed by atoms with Gasteiger partial charge in [-0.1, -0.05) is 48.6 Å². The van der Waals surface area contributed by atoms with E-state index in [0.717, 1.165) is 0 Å². The summed E-state index contributed by atoms with van der Waals surface area (Å²) in [6, 6.07) is 0. The Morgan fingerprint density at radius 1 is 0.643 bits per heavy atom. The van der Waals surface area contributed by atoms with Crippen molar-refractivity contribution < 1.29 is 25.0 Å². The van der Waals surface area contributed by atoms with Crippen molar-refractivity contribution in [1.29, 1.82) is 0 Å². The molecule has 4 aliphatic carbocycles. The van der Waals surface area contributed by atoms with Gasteiger partial charge in [-0.15, -0.1) is 0 Å². The zero-order valence-electron chi connectivity index (χ0n) is 16.6. The summed E-state index contributed by atoms with van der Waals surface area (Å²) < 4.78 is 7.01. The van der Waals surface area contributed by atoms with Crippen molar-refractivity contribution in [2.75, 3.05) is 0 Å². The summed E-state index contributed by atoms with van der Waals surface area (Å²) in [6.07, 6.45) is 26.3. The molecule has 0 heterocycles. The molecule has 0 aromatic rings. The van der Waals surface area contributed by atoms with Crippen LogP contribution in [0.4, 0.5) is 0 Å². The fourth-order valence-corrected chi connectivity index (χ4v) is 12.8. The van der Waals surface area contributed by atoms with Crippen molar-refractivity contribution in [3.63, 3.8) is 0 Å². The van der Waals surface area contributed by atoms with Gasteiger partial charge < -0.3 is 4.12 Å². The second kappa shape index (κ2) is 9.96. The fraction of sp³-hybridized carbons (Fsp3) is 0.182. The van der Waals surface area contributed by atoms with Gasteiger partial charge in [-0.2, -0.15) is 0 Å². The number of hydrogen-bond acceptors (Lipinski definition) is 1. The minimum absolute atomic E-state index is 0.826. The van der Waals surface area contributed by atoms with E-state index in [4.69, 9.17) is 21.1 Å². The second-order valence-electron chi connectivity index (χ2n) is 7.86. The van der Waals surface area contributed by atoms with Crippen LogP contribution < -0.4 is 0 Å². The summed E-state index contributed by atoms with van der Waals surface area (Å²) >= 11 is -0.826. The van der Waals surface area contributed by atoms with Gasteiger partial charge in [0.05, 0.1) is 0 Å². The third kappa shape index (κ3) is 5.17. The predicted octanol–water partition coefficient (Wildman–Crippen LogP) is 6.41. The van der Waals surface area contributed by atoms with E-state index in [1.165, 1.54) is 34.8 Å². The number of rotatable bonds is 4. The van der Waals surface area contributed by atoms with E-state index in [-0.39, 0.29) is 0 Å². The normalized spacial score (nSPS) is 24.2. The first-order valence-electron chi connectivity index (χ1n) is 9.26. The van der Waals surface area contributed by atoms with Gasteiger partial charge in [-0.05, 0) is 51.9 Å². The summed E-state index contributed by atoms with van der Waals surface area (Å²) in [5, 5.41) is 0. The molecule has 4 aliphatic rings. The van der Waals surface area contributed by atoms with Crippen LogP contribution in [-0.2, 0) is 25.0 Å². The molecule has 0 aromatic carbocycles. The van der Waals surface area contributed by atoms with Gasteiger partial charge >= 0.3 is 37.9 Å². The average molecular weight is 523 g/mol. The van der Waals surface area contributed by atoms with Crippen LogP contribution in [-0.4, -0.2) is 16.6 Å². The van der Waals surface area contributed by atoms with E-state index < -0.39 is 37.5 Å². The van der Waals surface area contributed by atoms with Crippen molar-refractivity contribution in [3.05, 3.63) is 109 Å². The van der Waals surface area contributed by atoms with E-state index in [9.17, 15) is 0 Å². The quantitative estimate of drug-likeness (QED) is 0.388. The molecule has 0 bridgehead atoms. The number of halogens is 2. The zero-order chi connectivity index (χ0) is 20.4. The molecule has 10 radical (unpaired) electrons. The Labute approximate surface area is 192 Å². The SMILES string of the molecule is C[Si](C)(O[Si](C)(C)[C]1[CH][CH][C]2C=CC=C[C]21)[C]1[CH][CH][C]2C=CC=C[C]21.[Cl][Zr+2][Cl]. The summed E-state index contributed by atoms with van der Waals surface area (Å²) in [7, 11) is 5.85. The number of hydrogen-bond donors (Lipinski definition) is 0. The molecule has 2 fully saturated rings. The van der Waals surface area contributed by atoms with Crippen LogP contribution in [0.15, 0.2) is 48.6 Å². The Bertz CT molecular complexity index is 605. The van der Waals surface area contributed by atoms with Crippen molar-refractivity contribution in [2.24, 2.45) is 0 Å². The van der Waals surface area contributed by atoms with E-state index >= 15 is 0 Å². The Balaban J connectivity index is 0.000000706. The molecule has 0 amide bonds. The monoisotopic (exact) mass is 520 g/mol. The summed E-state index contributed by atoms with van der Waals surface area (Å²) in [5.74, 6) is 5.35. The molecule has 0 N–H and O–H groups in total. The van der Waals surface area contributed by atoms with Crippen molar-refractivity contribution in [1.82, 2.24) is 0 Å². The fourth-order valence-electron chi connectivity index (χ4n) is 4.10. The molecular weight excluding hydrogens is 499 g/mol. The summed E-state index contributed by atoms with van der Waals surface area (Å²) in [6.45, 7) is 9.37. The minimum atomic E-state index is -2.01. The average Bonchev–Trinajstić information content (AvgIpc) is 3.26. The number of fused-ring (bicyclic) bond motifs is 2. The van der Waals surface area contributed by atoms with Crippen LogP contribution in [0, 0.1) is 60.4 Å². The molecule has 6 heteroatoms. The van der Waals surface area contributed by atoms with E-state index in [2.05, 4.69) is 100 Å². The molecule has 0 aliphatic heterocycles. The van der Waals surface area contributed by atoms with Crippen molar-refractivity contribution in [3.8, 4) is 0 Å². The third-order valence-electron chi connectivity index (χ3n) is 5.17. The van der Waals surface area contributed by atoms with Crippen molar-refractivity contribution >= 4 is 33.7 Å². The predicted molar refractivity (Wildman–Crippen MR) is 121 cm³/mol. The molecule has 0 aromatic heterocycles. The van der Waals surface area contributed by atoms with Gasteiger partial charge in [0.25, 0.3) is 0 Å². The van der Waals surface area contributed by atoms with Gasteiger partial charge in [0, 0.05) is 34.8 Å². The molecule has 0 spiro atoms. The topological polar surface area (TPSA) is 9.23 Å². The van der Waals surface area contributed by atoms with Gasteiger partial charge in [-0.3, -0.25) is 0 Å². The first-order valence-corrected chi connectivity index (χ1v) is 21.4. The van der Waals surface area contributed by atoms with Crippen LogP contribution in [0.3, 0.4) is 0 Å². The van der Waals surface area contributed by atoms with Crippen LogP contribution in [0.1, 0.15) is 0 Å². The van der Waals surface area contributed by atoms with Gasteiger partial charge in [0.1, 0.15) is 0 Å². The van der Waals surface area contributed by atoms with E-state index in [0.29, 0.717) is 0 Å². The molecular formula is C22H24Cl2OSi2Zr+2. The molecule has 0 saturated heterocycles. The molecule has 0 atom stereocenters. The van der Waals surface area contributed by atoms with Crippen LogP contribution in [0.2, 0.25) is 26.2 Å². The van der Waals surface area contributed by atoms with Gasteiger partial charge in [0.2, 0.25) is 0 Å². The maximum absolute atomic E-state index is 7.01. The van der Waals surface area contributed by atoms with Crippen molar-refractivity contribution in [2.45, 2.75) is 26.2 Å². The van der Waals surface area contributed by atoms with E-state index in [1.807, 2.05) is 0 Å². The standard InChI is InChI=1S/C22H24OSi2.2ClH.Zr/c1-24(2,21-15-13-17-9-5-7-11-19(17)21)23-25(3,4)22-16-14-18-10-6-8-12-20(18)22;;;/h5-16H,1-4H3;2*1H;/q;;;+4/p-2. The molecule has 28 heavy (non-hydrogen) atoms. The second-order valence-corrected chi connectivity index (χ2v) is 19.5. The first kappa shape index (κ1) is 23.5. The Kier molecular flexibility index (Phi) is 8.35. The molecule has 1 nitrogen and oxygen atoms in total. The molecule has 0 unspecified atom stereocenters. The summed E-state index contributed by atoms with van der Waals surface area (Å²) in [5.41, 5.74) is 2.83. The summed E-state index contributed by atoms with van der Waals surface area (Å²) in [4.78, 5) is 0. The van der Waals surface area contributed by atoms with Gasteiger partial charge in [0.15, 0.2) is 16.6 Å². The third-order valence-corrected chi connectivity index (χ3v) is 12.7. The molecule has 142 valence electrons. The van der Waals surface area contributed by atoms with E-state index in [1.54, 1.807) is 0 Å². The maximum atomic E-state index is 7.01. The first-order chi connectivity index (χ1) is 13.3. The van der Waals surface area contributed by atoms with Gasteiger partial charge in [-0.25, -0.2) is 0 Å². The zero-order valence-corrected chi connectivity index (χ0v) is 22.6. The Hall–Kier alpha value is 0.817.